The number of carbonyl (C=O) groups excluding carboxylic acids is 1. The number of nitrogens with zero attached hydrogens (tertiary/aromatic N) is 1. The van der Waals surface area contributed by atoms with Gasteiger partial charge in [0.2, 0.25) is 0 Å². The summed E-state index contributed by atoms with van der Waals surface area (Å²) in [6, 6.07) is 5.44. The molecule has 2 amide bonds. The van der Waals surface area contributed by atoms with E-state index in [-0.39, 0.29) is 17.2 Å². The fourth-order valence-electron chi connectivity index (χ4n) is 2.06. The summed E-state index contributed by atoms with van der Waals surface area (Å²) in [5.41, 5.74) is 2.45. The second kappa shape index (κ2) is 6.25. The minimum atomic E-state index is -0.369. The molecule has 22 heavy (non-hydrogen) atoms. The first-order valence-corrected chi connectivity index (χ1v) is 7.36. The maximum atomic E-state index is 11.7. The van der Waals surface area contributed by atoms with Gasteiger partial charge in [0.15, 0.2) is 5.58 Å². The van der Waals surface area contributed by atoms with E-state index >= 15 is 0 Å². The van der Waals surface area contributed by atoms with Crippen molar-refractivity contribution in [2.45, 2.75) is 27.2 Å². The van der Waals surface area contributed by atoms with Gasteiger partial charge in [-0.1, -0.05) is 26.8 Å². The number of aromatic nitrogens is 1. The highest BCUT2D eigenvalue weighted by molar-refractivity contribution is 5.74. The summed E-state index contributed by atoms with van der Waals surface area (Å²) >= 11 is 0. The summed E-state index contributed by atoms with van der Waals surface area (Å²) in [6.07, 6.45) is 0.693. The average molecular weight is 305 g/mol. The Bertz CT molecular complexity index is 722. The van der Waals surface area contributed by atoms with Gasteiger partial charge in [-0.15, -0.1) is 0 Å². The van der Waals surface area contributed by atoms with Crippen LogP contribution < -0.4 is 16.4 Å². The lowest BCUT2D eigenvalue weighted by atomic mass is 9.97. The minimum absolute atomic E-state index is 0.0639. The first-order chi connectivity index (χ1) is 10.3. The van der Waals surface area contributed by atoms with Gasteiger partial charge in [0.1, 0.15) is 0 Å². The van der Waals surface area contributed by atoms with E-state index in [1.807, 2.05) is 12.1 Å². The van der Waals surface area contributed by atoms with E-state index in [1.165, 1.54) is 4.57 Å². The number of nitrogens with one attached hydrogen (secondary N) is 2. The second-order valence-electron chi connectivity index (χ2n) is 6.65. The summed E-state index contributed by atoms with van der Waals surface area (Å²) in [4.78, 5) is 23.1. The number of carbonyl (C=O) groups is 1. The fourth-order valence-corrected chi connectivity index (χ4v) is 2.06. The first-order valence-electron chi connectivity index (χ1n) is 7.36. The van der Waals surface area contributed by atoms with Gasteiger partial charge in [0.25, 0.3) is 0 Å². The van der Waals surface area contributed by atoms with E-state index in [0.29, 0.717) is 25.1 Å². The molecular formula is C16H23N3O3. The molecule has 0 aliphatic carbocycles. The largest absolute Gasteiger partial charge is 0.419 e. The maximum absolute atomic E-state index is 11.7. The third kappa shape index (κ3) is 4.13. The highest BCUT2D eigenvalue weighted by Crippen LogP contribution is 2.14. The molecule has 2 aromatic rings. The molecule has 0 aliphatic rings. The van der Waals surface area contributed by atoms with E-state index < -0.39 is 0 Å². The van der Waals surface area contributed by atoms with Crippen LogP contribution in [0, 0.1) is 5.41 Å². The van der Waals surface area contributed by atoms with E-state index in [4.69, 9.17) is 4.42 Å². The second-order valence-corrected chi connectivity index (χ2v) is 6.65. The Balaban J connectivity index is 1.88. The smallest absolute Gasteiger partial charge is 0.408 e. The number of urea groups is 1. The zero-order chi connectivity index (χ0) is 16.3. The summed E-state index contributed by atoms with van der Waals surface area (Å²) in [6.45, 7) is 7.36. The molecule has 0 saturated heterocycles. The highest BCUT2D eigenvalue weighted by atomic mass is 16.4. The third-order valence-electron chi connectivity index (χ3n) is 3.33. The Morgan fingerprint density at radius 1 is 1.27 bits per heavy atom. The Kier molecular flexibility index (Phi) is 4.59. The van der Waals surface area contributed by atoms with Crippen LogP contribution in [0.4, 0.5) is 4.79 Å². The summed E-state index contributed by atoms with van der Waals surface area (Å²) < 4.78 is 6.56. The van der Waals surface area contributed by atoms with Crippen molar-refractivity contribution in [1.82, 2.24) is 15.2 Å². The van der Waals surface area contributed by atoms with Crippen LogP contribution in [0.15, 0.2) is 27.4 Å². The highest BCUT2D eigenvalue weighted by Gasteiger charge is 2.11. The molecule has 0 saturated carbocycles. The molecule has 1 aromatic carbocycles. The molecule has 120 valence electrons. The predicted molar refractivity (Wildman–Crippen MR) is 86.0 cm³/mol. The number of aryl methyl sites for hydroxylation is 1. The van der Waals surface area contributed by atoms with E-state index in [2.05, 4.69) is 31.4 Å². The minimum Gasteiger partial charge on any atom is -0.408 e. The van der Waals surface area contributed by atoms with Crippen LogP contribution in [-0.4, -0.2) is 23.7 Å². The third-order valence-corrected chi connectivity index (χ3v) is 3.33. The fraction of sp³-hybridized carbons (Fsp3) is 0.500. The lowest BCUT2D eigenvalue weighted by molar-refractivity contribution is 0.235. The Hall–Kier alpha value is -2.24. The Labute approximate surface area is 129 Å². The molecule has 2 rings (SSSR count). The Morgan fingerprint density at radius 2 is 2.00 bits per heavy atom. The summed E-state index contributed by atoms with van der Waals surface area (Å²) in [7, 11) is 1.68. The van der Waals surface area contributed by atoms with Crippen molar-refractivity contribution in [1.29, 1.82) is 0 Å². The molecule has 6 nitrogen and oxygen atoms in total. The standard InChI is InChI=1S/C16H23N3O3/c1-16(2,3)10-18-14(20)17-8-7-11-5-6-13-12(9-11)19(4)15(21)22-13/h5-6,9H,7-8,10H2,1-4H3,(H2,17,18,20). The quantitative estimate of drug-likeness (QED) is 0.907. The number of rotatable bonds is 4. The maximum Gasteiger partial charge on any atom is 0.419 e. The van der Waals surface area contributed by atoms with E-state index in [0.717, 1.165) is 11.1 Å². The van der Waals surface area contributed by atoms with Gasteiger partial charge >= 0.3 is 11.8 Å². The molecule has 0 radical (unpaired) electrons. The van der Waals surface area contributed by atoms with Gasteiger partial charge in [-0.05, 0) is 29.5 Å². The van der Waals surface area contributed by atoms with Crippen molar-refractivity contribution in [3.8, 4) is 0 Å². The van der Waals surface area contributed by atoms with Crippen LogP contribution in [-0.2, 0) is 13.5 Å². The van der Waals surface area contributed by atoms with Crippen LogP contribution in [0.2, 0.25) is 0 Å². The van der Waals surface area contributed by atoms with Crippen LogP contribution in [0.1, 0.15) is 26.3 Å². The number of amides is 2. The van der Waals surface area contributed by atoms with Gasteiger partial charge < -0.3 is 15.1 Å². The SMILES string of the molecule is Cn1c(=O)oc2ccc(CCNC(=O)NCC(C)(C)C)cc21. The van der Waals surface area contributed by atoms with Crippen LogP contribution in [0.5, 0.6) is 0 Å². The molecule has 0 atom stereocenters. The van der Waals surface area contributed by atoms with Gasteiger partial charge in [-0.3, -0.25) is 4.57 Å². The van der Waals surface area contributed by atoms with Crippen molar-refractivity contribution in [2.24, 2.45) is 12.5 Å². The number of oxazole rings is 1. The molecule has 0 bridgehead atoms. The van der Waals surface area contributed by atoms with Crippen LogP contribution in [0.25, 0.3) is 11.1 Å². The molecule has 0 unspecified atom stereocenters. The zero-order valence-corrected chi connectivity index (χ0v) is 13.5. The van der Waals surface area contributed by atoms with Crippen molar-refractivity contribution in [3.63, 3.8) is 0 Å². The molecule has 0 aliphatic heterocycles. The van der Waals surface area contributed by atoms with Crippen molar-refractivity contribution >= 4 is 17.1 Å². The number of hydrogen-bond donors (Lipinski definition) is 2. The lowest BCUT2D eigenvalue weighted by Gasteiger charge is -2.18. The van der Waals surface area contributed by atoms with Crippen molar-refractivity contribution in [2.75, 3.05) is 13.1 Å². The molecule has 1 heterocycles. The summed E-state index contributed by atoms with van der Waals surface area (Å²) in [5, 5.41) is 5.67. The molecule has 1 aromatic heterocycles. The van der Waals surface area contributed by atoms with Gasteiger partial charge in [0.05, 0.1) is 5.52 Å². The topological polar surface area (TPSA) is 76.3 Å². The summed E-state index contributed by atoms with van der Waals surface area (Å²) in [5.74, 6) is -0.369. The molecule has 2 N–H and O–H groups in total. The van der Waals surface area contributed by atoms with Crippen molar-refractivity contribution < 1.29 is 9.21 Å². The van der Waals surface area contributed by atoms with E-state index in [1.54, 1.807) is 13.1 Å². The molecule has 0 spiro atoms. The molecular weight excluding hydrogens is 282 g/mol. The number of benzene rings is 1. The van der Waals surface area contributed by atoms with Gasteiger partial charge in [-0.25, -0.2) is 9.59 Å². The van der Waals surface area contributed by atoms with E-state index in [9.17, 15) is 9.59 Å². The number of hydrogen-bond acceptors (Lipinski definition) is 3. The van der Waals surface area contributed by atoms with Crippen LogP contribution >= 0.6 is 0 Å². The van der Waals surface area contributed by atoms with Gasteiger partial charge in [0, 0.05) is 20.1 Å². The normalized spacial score (nSPS) is 11.6. The first kappa shape index (κ1) is 16.1. The Morgan fingerprint density at radius 3 is 2.68 bits per heavy atom. The molecule has 0 fully saturated rings. The van der Waals surface area contributed by atoms with Crippen LogP contribution in [0.3, 0.4) is 0 Å². The van der Waals surface area contributed by atoms with Gasteiger partial charge in [-0.2, -0.15) is 0 Å². The predicted octanol–water partition coefficient (Wildman–Crippen LogP) is 2.02. The number of fused-ring (bicyclic) bond motifs is 1. The van der Waals surface area contributed by atoms with Crippen molar-refractivity contribution in [3.05, 3.63) is 34.3 Å². The zero-order valence-electron chi connectivity index (χ0n) is 13.5. The molecule has 6 heteroatoms. The average Bonchev–Trinajstić information content (AvgIpc) is 2.71. The lowest BCUT2D eigenvalue weighted by Crippen LogP contribution is -2.40. The monoisotopic (exact) mass is 305 g/mol.